The second kappa shape index (κ2) is 6.64. The molecule has 2 amide bonds. The molecule has 0 saturated heterocycles. The van der Waals surface area contributed by atoms with Gasteiger partial charge in [0.2, 0.25) is 5.91 Å². The van der Waals surface area contributed by atoms with Crippen molar-refractivity contribution in [2.45, 2.75) is 13.5 Å². The van der Waals surface area contributed by atoms with Gasteiger partial charge in [-0.25, -0.2) is 0 Å². The maximum Gasteiger partial charge on any atom is 0.265 e. The van der Waals surface area contributed by atoms with Gasteiger partial charge < -0.3 is 11.1 Å². The number of hydrogen-bond acceptors (Lipinski definition) is 4. The predicted octanol–water partition coefficient (Wildman–Crippen LogP) is 2.12. The summed E-state index contributed by atoms with van der Waals surface area (Å²) < 4.78 is 0. The minimum absolute atomic E-state index is 0.355. The third kappa shape index (κ3) is 3.04. The summed E-state index contributed by atoms with van der Waals surface area (Å²) >= 11 is 0. The number of carbonyl (C=O) groups excluding carboxylic acids is 2. The number of nitrogens with two attached hydrogens (primary N) is 1. The number of amides is 2. The lowest BCUT2D eigenvalue weighted by molar-refractivity contribution is -0.127. The number of benzene rings is 2. The van der Waals surface area contributed by atoms with Crippen LogP contribution in [0.4, 0.5) is 11.4 Å². The molecule has 0 fully saturated rings. The zero-order chi connectivity index (χ0) is 17.1. The first-order valence-corrected chi connectivity index (χ1v) is 7.64. The van der Waals surface area contributed by atoms with E-state index in [0.29, 0.717) is 23.6 Å². The number of rotatable bonds is 4. The second-order valence-electron chi connectivity index (χ2n) is 5.55. The van der Waals surface area contributed by atoms with Gasteiger partial charge in [-0.05, 0) is 36.8 Å². The van der Waals surface area contributed by atoms with Gasteiger partial charge in [0, 0.05) is 12.2 Å². The Labute approximate surface area is 140 Å². The van der Waals surface area contributed by atoms with Crippen LogP contribution in [0.2, 0.25) is 0 Å². The Morgan fingerprint density at radius 1 is 1.21 bits per heavy atom. The van der Waals surface area contributed by atoms with Crippen LogP contribution in [0.5, 0.6) is 0 Å². The Bertz CT molecular complexity index is 802. The topological polar surface area (TPSA) is 87.8 Å². The van der Waals surface area contributed by atoms with Crippen molar-refractivity contribution in [3.63, 3.8) is 0 Å². The number of hydrogen-bond donors (Lipinski definition) is 2. The number of anilines is 2. The molecule has 6 heteroatoms. The Balaban J connectivity index is 1.78. The fraction of sp³-hybridized carbons (Fsp3) is 0.167. The molecule has 24 heavy (non-hydrogen) atoms. The van der Waals surface area contributed by atoms with E-state index >= 15 is 0 Å². The fourth-order valence-electron chi connectivity index (χ4n) is 2.61. The molecule has 0 aromatic heterocycles. The molecular formula is C18H18N4O2. The van der Waals surface area contributed by atoms with E-state index in [1.54, 1.807) is 31.2 Å². The van der Waals surface area contributed by atoms with Gasteiger partial charge in [0.25, 0.3) is 5.91 Å². The Hall–Kier alpha value is -2.99. The second-order valence-corrected chi connectivity index (χ2v) is 5.55. The molecule has 6 nitrogen and oxygen atoms in total. The number of hydrazone groups is 1. The normalized spacial score (nSPS) is 16.9. The molecule has 2 aromatic rings. The zero-order valence-electron chi connectivity index (χ0n) is 13.3. The molecule has 1 heterocycles. The van der Waals surface area contributed by atoms with Crippen LogP contribution >= 0.6 is 0 Å². The SMILES string of the molecule is CC1=NN(c2ccccc2)C(=O)C1C(=O)Nc1cccc(CN)c1. The molecule has 1 atom stereocenters. The summed E-state index contributed by atoms with van der Waals surface area (Å²) in [4.78, 5) is 25.1. The molecule has 0 radical (unpaired) electrons. The molecule has 122 valence electrons. The number of nitrogens with zero attached hydrogens (tertiary/aromatic N) is 2. The molecule has 1 unspecified atom stereocenters. The number of nitrogens with one attached hydrogen (secondary N) is 1. The average Bonchev–Trinajstić information content (AvgIpc) is 2.90. The molecule has 2 aromatic carbocycles. The van der Waals surface area contributed by atoms with Crippen LogP contribution < -0.4 is 16.1 Å². The van der Waals surface area contributed by atoms with Gasteiger partial charge in [-0.1, -0.05) is 30.3 Å². The van der Waals surface area contributed by atoms with Crippen molar-refractivity contribution < 1.29 is 9.59 Å². The predicted molar refractivity (Wildman–Crippen MR) is 93.5 cm³/mol. The van der Waals surface area contributed by atoms with Gasteiger partial charge in [-0.3, -0.25) is 9.59 Å². The molecule has 1 aliphatic heterocycles. The third-order valence-corrected chi connectivity index (χ3v) is 3.82. The number of carbonyl (C=O) groups is 2. The van der Waals surface area contributed by atoms with Crippen LogP contribution in [-0.2, 0) is 16.1 Å². The van der Waals surface area contributed by atoms with Crippen LogP contribution in [0.1, 0.15) is 12.5 Å². The third-order valence-electron chi connectivity index (χ3n) is 3.82. The maximum absolute atomic E-state index is 12.6. The summed E-state index contributed by atoms with van der Waals surface area (Å²) in [6, 6.07) is 16.3. The minimum atomic E-state index is -0.924. The summed E-state index contributed by atoms with van der Waals surface area (Å²) in [5.41, 5.74) is 8.23. The van der Waals surface area contributed by atoms with Crippen LogP contribution in [0.15, 0.2) is 59.7 Å². The lowest BCUT2D eigenvalue weighted by Gasteiger charge is -2.14. The van der Waals surface area contributed by atoms with Crippen molar-refractivity contribution >= 4 is 28.9 Å². The Morgan fingerprint density at radius 3 is 2.67 bits per heavy atom. The van der Waals surface area contributed by atoms with Crippen LogP contribution in [0, 0.1) is 5.92 Å². The standard InChI is InChI=1S/C18H18N4O2/c1-12-16(17(23)20-14-7-5-6-13(10-14)11-19)18(24)22(21-12)15-8-3-2-4-9-15/h2-10,16H,11,19H2,1H3,(H,20,23). The quantitative estimate of drug-likeness (QED) is 0.845. The van der Waals surface area contributed by atoms with E-state index in [-0.39, 0.29) is 5.91 Å². The van der Waals surface area contributed by atoms with Gasteiger partial charge in [-0.2, -0.15) is 10.1 Å². The fourth-order valence-corrected chi connectivity index (χ4v) is 2.61. The first kappa shape index (κ1) is 15.9. The highest BCUT2D eigenvalue weighted by molar-refractivity contribution is 6.28. The summed E-state index contributed by atoms with van der Waals surface area (Å²) in [6.07, 6.45) is 0. The lowest BCUT2D eigenvalue weighted by atomic mass is 10.0. The van der Waals surface area contributed by atoms with Crippen molar-refractivity contribution in [2.24, 2.45) is 16.8 Å². The van der Waals surface area contributed by atoms with Crippen molar-refractivity contribution in [3.05, 3.63) is 60.2 Å². The highest BCUT2D eigenvalue weighted by atomic mass is 16.2. The average molecular weight is 322 g/mol. The van der Waals surface area contributed by atoms with E-state index < -0.39 is 11.8 Å². The lowest BCUT2D eigenvalue weighted by Crippen LogP contribution is -2.36. The number of para-hydroxylation sites is 1. The van der Waals surface area contributed by atoms with Crippen LogP contribution in [-0.4, -0.2) is 17.5 Å². The van der Waals surface area contributed by atoms with Gasteiger partial charge in [0.05, 0.1) is 11.4 Å². The van der Waals surface area contributed by atoms with Gasteiger partial charge in [0.1, 0.15) is 0 Å². The van der Waals surface area contributed by atoms with E-state index in [0.717, 1.165) is 5.56 Å². The molecular weight excluding hydrogens is 304 g/mol. The van der Waals surface area contributed by atoms with Crippen molar-refractivity contribution in [2.75, 3.05) is 10.3 Å². The highest BCUT2D eigenvalue weighted by Crippen LogP contribution is 2.24. The monoisotopic (exact) mass is 322 g/mol. The largest absolute Gasteiger partial charge is 0.326 e. The van der Waals surface area contributed by atoms with Crippen LogP contribution in [0.3, 0.4) is 0 Å². The molecule has 3 N–H and O–H groups in total. The zero-order valence-corrected chi connectivity index (χ0v) is 13.3. The summed E-state index contributed by atoms with van der Waals surface area (Å²) in [6.45, 7) is 2.07. The molecule has 3 rings (SSSR count). The molecule has 0 saturated carbocycles. The van der Waals surface area contributed by atoms with E-state index in [9.17, 15) is 9.59 Å². The minimum Gasteiger partial charge on any atom is -0.326 e. The maximum atomic E-state index is 12.6. The Kier molecular flexibility index (Phi) is 4.39. The van der Waals surface area contributed by atoms with Crippen molar-refractivity contribution in [1.82, 2.24) is 0 Å². The van der Waals surface area contributed by atoms with E-state index in [2.05, 4.69) is 10.4 Å². The smallest absolute Gasteiger partial charge is 0.265 e. The van der Waals surface area contributed by atoms with Crippen molar-refractivity contribution in [1.29, 1.82) is 0 Å². The molecule has 0 bridgehead atoms. The first-order valence-electron chi connectivity index (χ1n) is 7.64. The Morgan fingerprint density at radius 2 is 1.96 bits per heavy atom. The highest BCUT2D eigenvalue weighted by Gasteiger charge is 2.39. The van der Waals surface area contributed by atoms with Crippen molar-refractivity contribution in [3.8, 4) is 0 Å². The van der Waals surface area contributed by atoms with Crippen LogP contribution in [0.25, 0.3) is 0 Å². The first-order chi connectivity index (χ1) is 11.6. The summed E-state index contributed by atoms with van der Waals surface area (Å²) in [5.74, 6) is -1.67. The molecule has 1 aliphatic rings. The van der Waals surface area contributed by atoms with Gasteiger partial charge in [-0.15, -0.1) is 0 Å². The molecule has 0 aliphatic carbocycles. The van der Waals surface area contributed by atoms with Gasteiger partial charge >= 0.3 is 0 Å². The van der Waals surface area contributed by atoms with Gasteiger partial charge in [0.15, 0.2) is 5.92 Å². The van der Waals surface area contributed by atoms with E-state index in [1.807, 2.05) is 30.3 Å². The van der Waals surface area contributed by atoms with E-state index in [1.165, 1.54) is 5.01 Å². The molecule has 0 spiro atoms. The summed E-state index contributed by atoms with van der Waals surface area (Å²) in [5, 5.41) is 8.28. The van der Waals surface area contributed by atoms with E-state index in [4.69, 9.17) is 5.73 Å². The summed E-state index contributed by atoms with van der Waals surface area (Å²) in [7, 11) is 0.